The minimum atomic E-state index is 0.0320. The summed E-state index contributed by atoms with van der Waals surface area (Å²) in [5, 5.41) is 5.75. The van der Waals surface area contributed by atoms with Crippen molar-refractivity contribution < 1.29 is 9.32 Å². The summed E-state index contributed by atoms with van der Waals surface area (Å²) in [6, 6.07) is 1.88. The summed E-state index contributed by atoms with van der Waals surface area (Å²) in [7, 11) is 0. The molecule has 1 fully saturated rings. The van der Waals surface area contributed by atoms with Gasteiger partial charge >= 0.3 is 0 Å². The smallest absolute Gasteiger partial charge is 0.256 e. The molecule has 128 valence electrons. The highest BCUT2D eigenvalue weighted by Gasteiger charge is 2.29. The van der Waals surface area contributed by atoms with Crippen molar-refractivity contribution in [2.45, 2.75) is 25.7 Å². The monoisotopic (exact) mass is 355 g/mol. The van der Waals surface area contributed by atoms with Gasteiger partial charge in [0, 0.05) is 36.7 Å². The Morgan fingerprint density at radius 2 is 2.32 bits per heavy atom. The van der Waals surface area contributed by atoms with Gasteiger partial charge in [-0.25, -0.2) is 14.3 Å². The lowest BCUT2D eigenvalue weighted by Crippen LogP contribution is -2.39. The van der Waals surface area contributed by atoms with E-state index in [9.17, 15) is 4.79 Å². The molecule has 0 spiro atoms. The topological polar surface area (TPSA) is 85.0 Å². The van der Waals surface area contributed by atoms with E-state index in [1.807, 2.05) is 17.9 Å². The Kier molecular flexibility index (Phi) is 4.27. The van der Waals surface area contributed by atoms with E-state index in [-0.39, 0.29) is 11.8 Å². The average Bonchev–Trinajstić information content (AvgIpc) is 3.33. The number of aryl methyl sites for hydroxylation is 1. The molecular weight excluding hydrogens is 338 g/mol. The highest BCUT2D eigenvalue weighted by molar-refractivity contribution is 7.03. The third-order valence-corrected chi connectivity index (χ3v) is 5.00. The van der Waals surface area contributed by atoms with Gasteiger partial charge in [0.1, 0.15) is 6.33 Å². The van der Waals surface area contributed by atoms with Crippen LogP contribution in [0.3, 0.4) is 0 Å². The number of carbonyl (C=O) groups is 1. The molecule has 0 aromatic carbocycles. The van der Waals surface area contributed by atoms with E-state index >= 15 is 0 Å². The van der Waals surface area contributed by atoms with Gasteiger partial charge in [0.2, 0.25) is 0 Å². The zero-order valence-electron chi connectivity index (χ0n) is 13.8. The Morgan fingerprint density at radius 1 is 1.40 bits per heavy atom. The van der Waals surface area contributed by atoms with Crippen LogP contribution in [0.25, 0.3) is 11.3 Å². The van der Waals surface area contributed by atoms with Crippen LogP contribution in [0.2, 0.25) is 0 Å². The van der Waals surface area contributed by atoms with Crippen molar-refractivity contribution in [1.82, 2.24) is 24.4 Å². The van der Waals surface area contributed by atoms with Crippen molar-refractivity contribution in [1.29, 1.82) is 0 Å². The lowest BCUT2D eigenvalue weighted by molar-refractivity contribution is 0.0706. The lowest BCUT2D eigenvalue weighted by Gasteiger charge is -2.32. The third-order valence-electron chi connectivity index (χ3n) is 4.41. The maximum absolute atomic E-state index is 12.6. The SMILES string of the molecule is Cc1cc(-c2cncnc2[C@@H]2CCCN(C(=O)c3cnsc3)C2)on1. The van der Waals surface area contributed by atoms with Gasteiger partial charge in [0.25, 0.3) is 5.91 Å². The summed E-state index contributed by atoms with van der Waals surface area (Å²) in [6.45, 7) is 3.27. The molecule has 3 aromatic rings. The summed E-state index contributed by atoms with van der Waals surface area (Å²) in [5.41, 5.74) is 3.22. The summed E-state index contributed by atoms with van der Waals surface area (Å²) < 4.78 is 9.42. The molecule has 4 heterocycles. The summed E-state index contributed by atoms with van der Waals surface area (Å²) in [6.07, 6.45) is 6.84. The predicted molar refractivity (Wildman–Crippen MR) is 92.3 cm³/mol. The first kappa shape index (κ1) is 15.9. The van der Waals surface area contributed by atoms with Crippen LogP contribution in [0.1, 0.15) is 40.5 Å². The number of aromatic nitrogens is 4. The van der Waals surface area contributed by atoms with Gasteiger partial charge in [-0.2, -0.15) is 0 Å². The van der Waals surface area contributed by atoms with Crippen LogP contribution >= 0.6 is 11.5 Å². The second-order valence-corrected chi connectivity index (χ2v) is 6.81. The number of hydrogen-bond acceptors (Lipinski definition) is 7. The summed E-state index contributed by atoms with van der Waals surface area (Å²) in [4.78, 5) is 23.1. The van der Waals surface area contributed by atoms with E-state index in [0.29, 0.717) is 17.9 Å². The molecule has 3 aromatic heterocycles. The van der Waals surface area contributed by atoms with Crippen molar-refractivity contribution in [3.05, 3.63) is 47.1 Å². The quantitative estimate of drug-likeness (QED) is 0.718. The van der Waals surface area contributed by atoms with Crippen LogP contribution in [-0.2, 0) is 0 Å². The van der Waals surface area contributed by atoms with Crippen molar-refractivity contribution in [3.8, 4) is 11.3 Å². The van der Waals surface area contributed by atoms with Crippen LogP contribution in [0.15, 0.2) is 34.7 Å². The Labute approximate surface area is 148 Å². The predicted octanol–water partition coefficient (Wildman–Crippen LogP) is 2.92. The van der Waals surface area contributed by atoms with Gasteiger partial charge < -0.3 is 9.42 Å². The first-order valence-electron chi connectivity index (χ1n) is 8.14. The highest BCUT2D eigenvalue weighted by atomic mass is 32.1. The third kappa shape index (κ3) is 3.17. The van der Waals surface area contributed by atoms with E-state index < -0.39 is 0 Å². The van der Waals surface area contributed by atoms with Crippen LogP contribution < -0.4 is 0 Å². The molecule has 0 unspecified atom stereocenters. The van der Waals surface area contributed by atoms with Gasteiger partial charge in [0.05, 0.1) is 28.7 Å². The van der Waals surface area contributed by atoms with Gasteiger partial charge in [-0.3, -0.25) is 4.79 Å². The Balaban J connectivity index is 1.61. The fraction of sp³-hybridized carbons (Fsp3) is 0.353. The summed E-state index contributed by atoms with van der Waals surface area (Å²) >= 11 is 1.29. The van der Waals surface area contributed by atoms with E-state index in [1.165, 1.54) is 11.5 Å². The fourth-order valence-electron chi connectivity index (χ4n) is 3.22. The Bertz CT molecular complexity index is 877. The number of carbonyl (C=O) groups excluding carboxylic acids is 1. The molecule has 8 heteroatoms. The number of rotatable bonds is 3. The van der Waals surface area contributed by atoms with Gasteiger partial charge in [0.15, 0.2) is 5.76 Å². The Morgan fingerprint density at radius 3 is 3.08 bits per heavy atom. The molecule has 0 N–H and O–H groups in total. The molecule has 7 nitrogen and oxygen atoms in total. The zero-order valence-corrected chi connectivity index (χ0v) is 14.6. The van der Waals surface area contributed by atoms with Gasteiger partial charge in [-0.15, -0.1) is 0 Å². The fourth-order valence-corrected chi connectivity index (χ4v) is 3.73. The summed E-state index contributed by atoms with van der Waals surface area (Å²) in [5.74, 6) is 0.843. The molecule has 0 bridgehead atoms. The molecule has 0 saturated carbocycles. The highest BCUT2D eigenvalue weighted by Crippen LogP contribution is 2.33. The van der Waals surface area contributed by atoms with Crippen molar-refractivity contribution in [2.24, 2.45) is 0 Å². The molecule has 1 aliphatic rings. The van der Waals surface area contributed by atoms with Crippen molar-refractivity contribution >= 4 is 17.4 Å². The molecule has 1 saturated heterocycles. The number of amides is 1. The van der Waals surface area contributed by atoms with E-state index in [0.717, 1.165) is 36.3 Å². The second kappa shape index (κ2) is 6.72. The maximum atomic E-state index is 12.6. The molecular formula is C17H17N5O2S. The van der Waals surface area contributed by atoms with Crippen LogP contribution in [0, 0.1) is 6.92 Å². The lowest BCUT2D eigenvalue weighted by atomic mass is 9.91. The maximum Gasteiger partial charge on any atom is 0.256 e. The number of piperidine rings is 1. The normalized spacial score (nSPS) is 17.6. The number of nitrogens with zero attached hydrogens (tertiary/aromatic N) is 5. The van der Waals surface area contributed by atoms with E-state index in [2.05, 4.69) is 19.5 Å². The molecule has 4 rings (SSSR count). The first-order chi connectivity index (χ1) is 12.2. The minimum Gasteiger partial charge on any atom is -0.356 e. The minimum absolute atomic E-state index is 0.0320. The second-order valence-electron chi connectivity index (χ2n) is 6.16. The Hall–Kier alpha value is -2.61. The molecule has 1 atom stereocenters. The standard InChI is InChI=1S/C17H17N5O2S/c1-11-5-15(24-21-11)14-7-18-10-19-16(14)12-3-2-4-22(8-12)17(23)13-6-20-25-9-13/h5-7,9-10,12H,2-4,8H2,1H3/t12-/m1/s1. The number of hydrogen-bond donors (Lipinski definition) is 0. The molecule has 1 amide bonds. The van der Waals surface area contributed by atoms with Crippen LogP contribution in [0.5, 0.6) is 0 Å². The molecule has 1 aliphatic heterocycles. The van der Waals surface area contributed by atoms with E-state index in [1.54, 1.807) is 24.1 Å². The molecule has 0 aliphatic carbocycles. The average molecular weight is 355 g/mol. The van der Waals surface area contributed by atoms with Crippen LogP contribution in [-0.4, -0.2) is 43.4 Å². The van der Waals surface area contributed by atoms with Crippen molar-refractivity contribution in [3.63, 3.8) is 0 Å². The van der Waals surface area contributed by atoms with Gasteiger partial charge in [-0.1, -0.05) is 5.16 Å². The molecule has 0 radical (unpaired) electrons. The largest absolute Gasteiger partial charge is 0.356 e. The van der Waals surface area contributed by atoms with Gasteiger partial charge in [-0.05, 0) is 31.3 Å². The molecule has 25 heavy (non-hydrogen) atoms. The van der Waals surface area contributed by atoms with Crippen molar-refractivity contribution in [2.75, 3.05) is 13.1 Å². The van der Waals surface area contributed by atoms with Crippen LogP contribution in [0.4, 0.5) is 0 Å². The van der Waals surface area contributed by atoms with E-state index in [4.69, 9.17) is 4.52 Å². The first-order valence-corrected chi connectivity index (χ1v) is 8.98. The zero-order chi connectivity index (χ0) is 17.2. The number of likely N-dealkylation sites (tertiary alicyclic amines) is 1.